The van der Waals surface area contributed by atoms with Gasteiger partial charge in [-0.1, -0.05) is 42.8 Å². The van der Waals surface area contributed by atoms with Gasteiger partial charge in [0.05, 0.1) is 21.3 Å². The molecule has 3 aromatic rings. The highest BCUT2D eigenvalue weighted by Crippen LogP contribution is 2.46. The van der Waals surface area contributed by atoms with Crippen molar-refractivity contribution in [3.63, 3.8) is 0 Å². The van der Waals surface area contributed by atoms with E-state index >= 15 is 0 Å². The van der Waals surface area contributed by atoms with Crippen molar-refractivity contribution in [2.45, 2.75) is 38.5 Å². The van der Waals surface area contributed by atoms with Crippen molar-refractivity contribution in [2.75, 3.05) is 21.3 Å². The van der Waals surface area contributed by atoms with E-state index in [1.165, 1.54) is 7.11 Å². The number of esters is 1. The molecule has 0 aliphatic carbocycles. The van der Waals surface area contributed by atoms with Gasteiger partial charge >= 0.3 is 5.97 Å². The summed E-state index contributed by atoms with van der Waals surface area (Å²) in [5.41, 5.74) is 3.18. The Hall–Kier alpha value is -3.21. The molecule has 1 atom stereocenters. The Balaban J connectivity index is 2.12. The fraction of sp³-hybridized carbons (Fsp3) is 0.346. The molecular weight excluding hydrogens is 392 g/mol. The summed E-state index contributed by atoms with van der Waals surface area (Å²) in [7, 11) is 4.80. The molecule has 0 aliphatic heterocycles. The molecule has 5 heteroatoms. The van der Waals surface area contributed by atoms with E-state index in [1.54, 1.807) is 26.4 Å². The van der Waals surface area contributed by atoms with Gasteiger partial charge in [-0.05, 0) is 43.0 Å². The predicted molar refractivity (Wildman–Crippen MR) is 122 cm³/mol. The summed E-state index contributed by atoms with van der Waals surface area (Å²) in [5, 5.41) is 11.8. The Labute approximate surface area is 183 Å². The number of benzene rings is 3. The van der Waals surface area contributed by atoms with Gasteiger partial charge in [0.2, 0.25) is 0 Å². The number of hydrogen-bond acceptors (Lipinski definition) is 5. The lowest BCUT2D eigenvalue weighted by Crippen LogP contribution is -2.09. The van der Waals surface area contributed by atoms with Crippen molar-refractivity contribution in [1.82, 2.24) is 0 Å². The third-order valence-electron chi connectivity index (χ3n) is 5.81. The Morgan fingerprint density at radius 3 is 2.10 bits per heavy atom. The topological polar surface area (TPSA) is 65.0 Å². The van der Waals surface area contributed by atoms with Crippen LogP contribution in [0.3, 0.4) is 0 Å². The first-order valence-electron chi connectivity index (χ1n) is 10.5. The minimum absolute atomic E-state index is 0.0201. The van der Waals surface area contributed by atoms with Gasteiger partial charge in [0.25, 0.3) is 0 Å². The Morgan fingerprint density at radius 1 is 0.903 bits per heavy atom. The Morgan fingerprint density at radius 2 is 1.52 bits per heavy atom. The zero-order valence-electron chi connectivity index (χ0n) is 18.6. The third kappa shape index (κ3) is 4.76. The molecule has 3 rings (SSSR count). The lowest BCUT2D eigenvalue weighted by Gasteiger charge is -2.26. The van der Waals surface area contributed by atoms with Gasteiger partial charge in [0.1, 0.15) is 17.2 Å². The van der Waals surface area contributed by atoms with Gasteiger partial charge in [0, 0.05) is 28.7 Å². The van der Waals surface area contributed by atoms with Gasteiger partial charge in [-0.2, -0.15) is 0 Å². The van der Waals surface area contributed by atoms with E-state index < -0.39 is 0 Å². The van der Waals surface area contributed by atoms with Crippen LogP contribution in [0, 0.1) is 6.92 Å². The second kappa shape index (κ2) is 10.2. The molecule has 164 valence electrons. The molecule has 0 saturated carbocycles. The molecule has 31 heavy (non-hydrogen) atoms. The highest BCUT2D eigenvalue weighted by Gasteiger charge is 2.26. The standard InChI is InChI=1S/C26H30O5/c1-17-24(26(31-4)22-11-6-5-10-21(22)25(17)30-3)20(9-7-8-12-23(28)29-2)18-13-15-19(27)16-14-18/h5-6,10-11,13-16,20,27H,7-9,12H2,1-4H3. The molecule has 3 aromatic carbocycles. The van der Waals surface area contributed by atoms with Crippen molar-refractivity contribution in [3.05, 3.63) is 65.2 Å². The maximum atomic E-state index is 11.5. The molecule has 0 bridgehead atoms. The minimum Gasteiger partial charge on any atom is -0.508 e. The van der Waals surface area contributed by atoms with Crippen LogP contribution in [0.5, 0.6) is 17.2 Å². The zero-order chi connectivity index (χ0) is 22.4. The van der Waals surface area contributed by atoms with Gasteiger partial charge in [-0.25, -0.2) is 0 Å². The number of aromatic hydroxyl groups is 1. The normalized spacial score (nSPS) is 11.9. The maximum Gasteiger partial charge on any atom is 0.305 e. The van der Waals surface area contributed by atoms with Crippen molar-refractivity contribution >= 4 is 16.7 Å². The Bertz CT molecular complexity index is 1040. The van der Waals surface area contributed by atoms with Gasteiger partial charge in [-0.3, -0.25) is 4.79 Å². The summed E-state index contributed by atoms with van der Waals surface area (Å²) < 4.78 is 16.5. The van der Waals surface area contributed by atoms with E-state index in [0.717, 1.165) is 58.2 Å². The van der Waals surface area contributed by atoms with E-state index in [9.17, 15) is 9.90 Å². The van der Waals surface area contributed by atoms with Crippen LogP contribution >= 0.6 is 0 Å². The average Bonchev–Trinajstić information content (AvgIpc) is 2.79. The van der Waals surface area contributed by atoms with E-state index in [2.05, 4.69) is 6.92 Å². The van der Waals surface area contributed by atoms with Crippen molar-refractivity contribution in [1.29, 1.82) is 0 Å². The number of methoxy groups -OCH3 is 3. The SMILES string of the molecule is COC(=O)CCCCC(c1ccc(O)cc1)c1c(C)c(OC)c2ccccc2c1OC. The first-order chi connectivity index (χ1) is 15.0. The smallest absolute Gasteiger partial charge is 0.305 e. The predicted octanol–water partition coefficient (Wildman–Crippen LogP) is 5.74. The van der Waals surface area contributed by atoms with Crippen LogP contribution in [0.15, 0.2) is 48.5 Å². The second-order valence-corrected chi connectivity index (χ2v) is 7.62. The molecule has 0 spiro atoms. The molecule has 0 heterocycles. The molecule has 0 fully saturated rings. The summed E-state index contributed by atoms with van der Waals surface area (Å²) in [6.45, 7) is 2.06. The Kier molecular flexibility index (Phi) is 7.40. The number of hydrogen-bond donors (Lipinski definition) is 1. The van der Waals surface area contributed by atoms with E-state index in [0.29, 0.717) is 6.42 Å². The molecular formula is C26H30O5. The molecule has 1 unspecified atom stereocenters. The molecule has 0 saturated heterocycles. The highest BCUT2D eigenvalue weighted by atomic mass is 16.5. The van der Waals surface area contributed by atoms with Gasteiger partial charge in [-0.15, -0.1) is 0 Å². The van der Waals surface area contributed by atoms with Crippen LogP contribution in [0.1, 0.15) is 48.3 Å². The van der Waals surface area contributed by atoms with Crippen LogP contribution in [0.2, 0.25) is 0 Å². The minimum atomic E-state index is -0.192. The van der Waals surface area contributed by atoms with Crippen LogP contribution in [0.4, 0.5) is 0 Å². The van der Waals surface area contributed by atoms with Crippen molar-refractivity contribution in [3.8, 4) is 17.2 Å². The van der Waals surface area contributed by atoms with Gasteiger partial charge in [0.15, 0.2) is 0 Å². The number of carbonyl (C=O) groups is 1. The third-order valence-corrected chi connectivity index (χ3v) is 5.81. The first-order valence-corrected chi connectivity index (χ1v) is 10.5. The number of fused-ring (bicyclic) bond motifs is 1. The monoisotopic (exact) mass is 422 g/mol. The number of carbonyl (C=O) groups excluding carboxylic acids is 1. The largest absolute Gasteiger partial charge is 0.508 e. The van der Waals surface area contributed by atoms with E-state index in [-0.39, 0.29) is 17.6 Å². The lowest BCUT2D eigenvalue weighted by molar-refractivity contribution is -0.140. The van der Waals surface area contributed by atoms with Crippen molar-refractivity contribution < 1.29 is 24.1 Å². The van der Waals surface area contributed by atoms with Crippen LogP contribution in [-0.2, 0) is 9.53 Å². The maximum absolute atomic E-state index is 11.5. The molecule has 0 aliphatic rings. The zero-order valence-corrected chi connectivity index (χ0v) is 18.6. The molecule has 5 nitrogen and oxygen atoms in total. The summed E-state index contributed by atoms with van der Waals surface area (Å²) >= 11 is 0. The van der Waals surface area contributed by atoms with Crippen LogP contribution in [0.25, 0.3) is 10.8 Å². The fourth-order valence-corrected chi connectivity index (χ4v) is 4.33. The molecule has 0 aromatic heterocycles. The second-order valence-electron chi connectivity index (χ2n) is 7.62. The van der Waals surface area contributed by atoms with E-state index in [4.69, 9.17) is 14.2 Å². The van der Waals surface area contributed by atoms with Crippen LogP contribution < -0.4 is 9.47 Å². The van der Waals surface area contributed by atoms with E-state index in [1.807, 2.05) is 36.4 Å². The summed E-state index contributed by atoms with van der Waals surface area (Å²) in [4.78, 5) is 11.5. The summed E-state index contributed by atoms with van der Waals surface area (Å²) in [6.07, 6.45) is 2.81. The molecule has 0 radical (unpaired) electrons. The summed E-state index contributed by atoms with van der Waals surface area (Å²) in [5.74, 6) is 1.73. The number of phenols is 1. The summed E-state index contributed by atoms with van der Waals surface area (Å²) in [6, 6.07) is 15.4. The number of phenolic OH excluding ortho intramolecular Hbond substituents is 1. The van der Waals surface area contributed by atoms with Gasteiger partial charge < -0.3 is 19.3 Å². The number of unbranched alkanes of at least 4 members (excludes halogenated alkanes) is 1. The first kappa shape index (κ1) is 22.5. The quantitative estimate of drug-likeness (QED) is 0.352. The number of ether oxygens (including phenoxy) is 3. The molecule has 1 N–H and O–H groups in total. The highest BCUT2D eigenvalue weighted by molar-refractivity contribution is 5.96. The number of rotatable bonds is 9. The van der Waals surface area contributed by atoms with Crippen LogP contribution in [-0.4, -0.2) is 32.4 Å². The van der Waals surface area contributed by atoms with Crippen molar-refractivity contribution in [2.24, 2.45) is 0 Å². The average molecular weight is 423 g/mol. The fourth-order valence-electron chi connectivity index (χ4n) is 4.33. The lowest BCUT2D eigenvalue weighted by atomic mass is 9.82. The molecule has 0 amide bonds.